The number of nitrogens with one attached hydrogen (secondary N) is 1. The Kier molecular flexibility index (Phi) is 8.51. The number of ether oxygens (including phenoxy) is 2. The summed E-state index contributed by atoms with van der Waals surface area (Å²) in [6.45, 7) is 1.95. The van der Waals surface area contributed by atoms with E-state index in [1.807, 2.05) is 43.3 Å². The Hall–Kier alpha value is -2.15. The van der Waals surface area contributed by atoms with Crippen LogP contribution in [0.15, 0.2) is 42.5 Å². The van der Waals surface area contributed by atoms with E-state index in [1.54, 1.807) is 19.2 Å². The molecule has 0 aliphatic carbocycles. The van der Waals surface area contributed by atoms with Gasteiger partial charge in [-0.15, -0.1) is 0 Å². The van der Waals surface area contributed by atoms with Gasteiger partial charge in [0.15, 0.2) is 0 Å². The van der Waals surface area contributed by atoms with Crippen molar-refractivity contribution >= 4 is 0 Å². The van der Waals surface area contributed by atoms with Crippen LogP contribution in [-0.2, 0) is 13.0 Å². The molecule has 0 aliphatic heterocycles. The highest BCUT2D eigenvalue weighted by Gasteiger charge is 2.10. The number of nitrogens with zero attached hydrogens (tertiary/aromatic N) is 1. The van der Waals surface area contributed by atoms with Crippen molar-refractivity contribution in [2.45, 2.75) is 19.1 Å². The van der Waals surface area contributed by atoms with Crippen molar-refractivity contribution in [1.29, 1.82) is 0 Å². The molecule has 2 aromatic rings. The Bertz CT molecular complexity index is 710. The fourth-order valence-electron chi connectivity index (χ4n) is 2.77. The molecule has 0 fully saturated rings. The normalized spacial score (nSPS) is 12.2. The average molecular weight is 376 g/mol. The van der Waals surface area contributed by atoms with Gasteiger partial charge in [-0.25, -0.2) is 4.39 Å². The molecular formula is C21H29FN2O3. The van der Waals surface area contributed by atoms with Crippen molar-refractivity contribution in [3.63, 3.8) is 0 Å². The highest BCUT2D eigenvalue weighted by Crippen LogP contribution is 2.24. The lowest BCUT2D eigenvalue weighted by Gasteiger charge is -2.18. The predicted molar refractivity (Wildman–Crippen MR) is 105 cm³/mol. The number of hydrogen-bond acceptors (Lipinski definition) is 5. The number of hydrogen-bond donors (Lipinski definition) is 2. The average Bonchev–Trinajstić information content (AvgIpc) is 2.64. The maximum atomic E-state index is 13.7. The van der Waals surface area contributed by atoms with Gasteiger partial charge in [-0.1, -0.05) is 18.2 Å². The van der Waals surface area contributed by atoms with Gasteiger partial charge < -0.3 is 24.8 Å². The van der Waals surface area contributed by atoms with Crippen molar-refractivity contribution in [3.8, 4) is 11.5 Å². The lowest BCUT2D eigenvalue weighted by atomic mass is 10.1. The molecule has 0 aromatic heterocycles. The maximum absolute atomic E-state index is 13.7. The summed E-state index contributed by atoms with van der Waals surface area (Å²) in [6.07, 6.45) is 0.0398. The third kappa shape index (κ3) is 7.17. The summed E-state index contributed by atoms with van der Waals surface area (Å²) < 4.78 is 24.8. The Morgan fingerprint density at radius 3 is 2.63 bits per heavy atom. The van der Waals surface area contributed by atoms with Crippen LogP contribution >= 0.6 is 0 Å². The van der Waals surface area contributed by atoms with E-state index in [9.17, 15) is 9.50 Å². The maximum Gasteiger partial charge on any atom is 0.126 e. The van der Waals surface area contributed by atoms with E-state index >= 15 is 0 Å². The number of aliphatic hydroxyl groups excluding tert-OH is 1. The molecule has 27 heavy (non-hydrogen) atoms. The molecule has 0 bridgehead atoms. The third-order valence-electron chi connectivity index (χ3n) is 4.12. The van der Waals surface area contributed by atoms with E-state index in [1.165, 1.54) is 6.07 Å². The van der Waals surface area contributed by atoms with E-state index in [2.05, 4.69) is 5.32 Å². The quantitative estimate of drug-likeness (QED) is 0.590. The van der Waals surface area contributed by atoms with Crippen molar-refractivity contribution in [2.24, 2.45) is 0 Å². The minimum atomic E-state index is -0.566. The summed E-state index contributed by atoms with van der Waals surface area (Å²) in [4.78, 5) is 1.91. The van der Waals surface area contributed by atoms with Crippen LogP contribution in [0.4, 0.5) is 4.39 Å². The van der Waals surface area contributed by atoms with Gasteiger partial charge in [0, 0.05) is 18.7 Å². The second-order valence-corrected chi connectivity index (χ2v) is 6.72. The molecule has 0 amide bonds. The molecule has 2 N–H and O–H groups in total. The second kappa shape index (κ2) is 10.9. The first-order chi connectivity index (χ1) is 13.0. The van der Waals surface area contributed by atoms with Crippen LogP contribution in [0, 0.1) is 5.82 Å². The zero-order valence-corrected chi connectivity index (χ0v) is 16.2. The lowest BCUT2D eigenvalue weighted by Crippen LogP contribution is -2.30. The summed E-state index contributed by atoms with van der Waals surface area (Å²) in [5.41, 5.74) is 1.62. The van der Waals surface area contributed by atoms with Gasteiger partial charge in [-0.2, -0.15) is 0 Å². The number of halogens is 1. The molecule has 0 saturated carbocycles. The molecule has 2 rings (SSSR count). The largest absolute Gasteiger partial charge is 0.497 e. The third-order valence-corrected chi connectivity index (χ3v) is 4.12. The van der Waals surface area contributed by atoms with Crippen LogP contribution in [0.5, 0.6) is 11.5 Å². The summed E-state index contributed by atoms with van der Waals surface area (Å²) in [6, 6.07) is 12.4. The molecule has 0 aliphatic rings. The Morgan fingerprint density at radius 1 is 1.15 bits per heavy atom. The van der Waals surface area contributed by atoms with Crippen molar-refractivity contribution in [3.05, 3.63) is 59.4 Å². The second-order valence-electron chi connectivity index (χ2n) is 6.72. The van der Waals surface area contributed by atoms with Crippen LogP contribution in [0.1, 0.15) is 11.1 Å². The van der Waals surface area contributed by atoms with Crippen LogP contribution < -0.4 is 14.8 Å². The summed E-state index contributed by atoms with van der Waals surface area (Å²) >= 11 is 0. The zero-order chi connectivity index (χ0) is 19.6. The number of rotatable bonds is 11. The first-order valence-corrected chi connectivity index (χ1v) is 9.06. The van der Waals surface area contributed by atoms with Crippen molar-refractivity contribution in [1.82, 2.24) is 10.2 Å². The van der Waals surface area contributed by atoms with E-state index in [0.29, 0.717) is 37.4 Å². The summed E-state index contributed by atoms with van der Waals surface area (Å²) in [5.74, 6) is 1.26. The van der Waals surface area contributed by atoms with Crippen LogP contribution in [0.25, 0.3) is 0 Å². The molecule has 0 radical (unpaired) electrons. The van der Waals surface area contributed by atoms with Gasteiger partial charge in [-0.05, 0) is 56.9 Å². The molecule has 2 aromatic carbocycles. The summed E-state index contributed by atoms with van der Waals surface area (Å²) in [7, 11) is 5.43. The predicted octanol–water partition coefficient (Wildman–Crippen LogP) is 2.47. The number of likely N-dealkylation sites (N-methyl/N-ethyl adjacent to an activating group) is 1. The minimum Gasteiger partial charge on any atom is -0.497 e. The first kappa shape index (κ1) is 21.2. The lowest BCUT2D eigenvalue weighted by molar-refractivity contribution is 0.0826. The molecule has 0 heterocycles. The van der Waals surface area contributed by atoms with Crippen LogP contribution in [0.2, 0.25) is 0 Å². The smallest absolute Gasteiger partial charge is 0.126 e. The monoisotopic (exact) mass is 376 g/mol. The van der Waals surface area contributed by atoms with Crippen LogP contribution in [-0.4, -0.2) is 57.0 Å². The zero-order valence-electron chi connectivity index (χ0n) is 16.2. The molecule has 1 unspecified atom stereocenters. The van der Waals surface area contributed by atoms with Crippen molar-refractivity contribution in [2.75, 3.05) is 40.9 Å². The minimum absolute atomic E-state index is 0.181. The van der Waals surface area contributed by atoms with Crippen LogP contribution in [0.3, 0.4) is 0 Å². The fraction of sp³-hybridized carbons (Fsp3) is 0.429. The number of methoxy groups -OCH3 is 1. The molecule has 6 heteroatoms. The highest BCUT2D eigenvalue weighted by atomic mass is 19.1. The van der Waals surface area contributed by atoms with Gasteiger partial charge in [0.05, 0.1) is 7.11 Å². The molecule has 0 spiro atoms. The number of benzene rings is 2. The van der Waals surface area contributed by atoms with Gasteiger partial charge >= 0.3 is 0 Å². The summed E-state index contributed by atoms with van der Waals surface area (Å²) in [5, 5.41) is 13.3. The van der Waals surface area contributed by atoms with E-state index in [-0.39, 0.29) is 12.4 Å². The van der Waals surface area contributed by atoms with Gasteiger partial charge in [0.2, 0.25) is 0 Å². The molecule has 1 atom stereocenters. The fourth-order valence-corrected chi connectivity index (χ4v) is 2.77. The SMILES string of the molecule is COc1ccc(OCC(O)CN(C)C)c(CNCCc2ccccc2F)c1. The molecular weight excluding hydrogens is 347 g/mol. The molecule has 5 nitrogen and oxygen atoms in total. The van der Waals surface area contributed by atoms with Crippen molar-refractivity contribution < 1.29 is 19.0 Å². The molecule has 0 saturated heterocycles. The van der Waals surface area contributed by atoms with Gasteiger partial charge in [0.25, 0.3) is 0 Å². The van der Waals surface area contributed by atoms with Gasteiger partial charge in [-0.3, -0.25) is 0 Å². The highest BCUT2D eigenvalue weighted by molar-refractivity contribution is 5.40. The Labute approximate surface area is 160 Å². The van der Waals surface area contributed by atoms with Gasteiger partial charge in [0.1, 0.15) is 30.0 Å². The van der Waals surface area contributed by atoms with E-state index in [4.69, 9.17) is 9.47 Å². The number of aliphatic hydroxyl groups is 1. The Balaban J connectivity index is 1.92. The van der Waals surface area contributed by atoms with E-state index in [0.717, 1.165) is 11.3 Å². The van der Waals surface area contributed by atoms with E-state index < -0.39 is 6.10 Å². The Morgan fingerprint density at radius 2 is 1.93 bits per heavy atom. The first-order valence-electron chi connectivity index (χ1n) is 9.06. The molecule has 148 valence electrons. The topological polar surface area (TPSA) is 54.0 Å². The standard InChI is InChI=1S/C21H29FN2O3/c1-24(2)14-18(25)15-27-21-9-8-19(26-3)12-17(21)13-23-11-10-16-6-4-5-7-20(16)22/h4-9,12,18,23,25H,10-11,13-15H2,1-3H3.